The molecular formula is C22H26F2N2O3. The zero-order valence-electron chi connectivity index (χ0n) is 16.8. The van der Waals surface area contributed by atoms with Gasteiger partial charge in [0.15, 0.2) is 11.6 Å². The third-order valence-corrected chi connectivity index (χ3v) is 4.32. The van der Waals surface area contributed by atoms with Crippen LogP contribution in [0.25, 0.3) is 0 Å². The predicted molar refractivity (Wildman–Crippen MR) is 106 cm³/mol. The van der Waals surface area contributed by atoms with Gasteiger partial charge in [0, 0.05) is 0 Å². The number of benzene rings is 2. The minimum Gasteiger partial charge on any atom is -0.488 e. The van der Waals surface area contributed by atoms with Gasteiger partial charge in [0.25, 0.3) is 0 Å². The first kappa shape index (κ1) is 22.3. The molecule has 0 saturated carbocycles. The fraction of sp³-hybridized carbons (Fsp3) is 0.364. The van der Waals surface area contributed by atoms with E-state index < -0.39 is 23.6 Å². The van der Waals surface area contributed by atoms with Crippen LogP contribution in [0.5, 0.6) is 5.75 Å². The van der Waals surface area contributed by atoms with Crippen LogP contribution in [-0.2, 0) is 16.0 Å². The Labute approximate surface area is 169 Å². The molecule has 2 amide bonds. The molecular weight excluding hydrogens is 378 g/mol. The number of para-hydroxylation sites is 1. The average molecular weight is 404 g/mol. The summed E-state index contributed by atoms with van der Waals surface area (Å²) in [5.41, 5.74) is 0.167. The highest BCUT2D eigenvalue weighted by Crippen LogP contribution is 2.22. The summed E-state index contributed by atoms with van der Waals surface area (Å²) in [5.74, 6) is -1.57. The summed E-state index contributed by atoms with van der Waals surface area (Å²) in [6.45, 7) is 5.62. The van der Waals surface area contributed by atoms with Crippen LogP contribution in [0.2, 0.25) is 0 Å². The SMILES string of the molecule is CC(C)(C)C(COc1ccccc1F)NC(=O)CNC(=O)Cc1cccc(F)c1. The summed E-state index contributed by atoms with van der Waals surface area (Å²) in [7, 11) is 0. The third-order valence-electron chi connectivity index (χ3n) is 4.32. The normalized spacial score (nSPS) is 12.2. The first-order chi connectivity index (χ1) is 13.6. The minimum absolute atomic E-state index is 0.0237. The van der Waals surface area contributed by atoms with Crippen LogP contribution in [0.15, 0.2) is 48.5 Å². The van der Waals surface area contributed by atoms with E-state index in [9.17, 15) is 18.4 Å². The Hall–Kier alpha value is -2.96. The smallest absolute Gasteiger partial charge is 0.239 e. The van der Waals surface area contributed by atoms with Gasteiger partial charge in [-0.05, 0) is 35.2 Å². The molecule has 2 aromatic rings. The molecule has 0 aliphatic rings. The van der Waals surface area contributed by atoms with E-state index in [0.29, 0.717) is 5.56 Å². The number of halogens is 2. The van der Waals surface area contributed by atoms with E-state index in [0.717, 1.165) is 0 Å². The van der Waals surface area contributed by atoms with Crippen molar-refractivity contribution in [1.82, 2.24) is 10.6 Å². The molecule has 2 rings (SSSR count). The summed E-state index contributed by atoms with van der Waals surface area (Å²) in [4.78, 5) is 24.3. The number of nitrogens with one attached hydrogen (secondary N) is 2. The fourth-order valence-electron chi connectivity index (χ4n) is 2.56. The number of carbonyl (C=O) groups excluding carboxylic acids is 2. The first-order valence-corrected chi connectivity index (χ1v) is 9.33. The summed E-state index contributed by atoms with van der Waals surface area (Å²) in [6.07, 6.45) is -0.0237. The van der Waals surface area contributed by atoms with Crippen molar-refractivity contribution in [2.24, 2.45) is 5.41 Å². The second-order valence-electron chi connectivity index (χ2n) is 7.81. The van der Waals surface area contributed by atoms with E-state index in [4.69, 9.17) is 4.74 Å². The molecule has 2 N–H and O–H groups in total. The van der Waals surface area contributed by atoms with Gasteiger partial charge in [-0.1, -0.05) is 45.0 Å². The van der Waals surface area contributed by atoms with Gasteiger partial charge >= 0.3 is 0 Å². The molecule has 0 aliphatic heterocycles. The van der Waals surface area contributed by atoms with Gasteiger partial charge in [-0.3, -0.25) is 9.59 Å². The molecule has 0 saturated heterocycles. The van der Waals surface area contributed by atoms with Gasteiger partial charge in [-0.15, -0.1) is 0 Å². The monoisotopic (exact) mass is 404 g/mol. The van der Waals surface area contributed by atoms with Crippen molar-refractivity contribution in [3.05, 3.63) is 65.7 Å². The van der Waals surface area contributed by atoms with Gasteiger partial charge in [-0.25, -0.2) is 8.78 Å². The van der Waals surface area contributed by atoms with Crippen LogP contribution < -0.4 is 15.4 Å². The summed E-state index contributed by atoms with van der Waals surface area (Å²) >= 11 is 0. The summed E-state index contributed by atoms with van der Waals surface area (Å²) < 4.78 is 32.4. The Balaban J connectivity index is 1.86. The van der Waals surface area contributed by atoms with Crippen molar-refractivity contribution < 1.29 is 23.1 Å². The van der Waals surface area contributed by atoms with Crippen LogP contribution in [0.3, 0.4) is 0 Å². The standard InChI is InChI=1S/C22H26F2N2O3/c1-22(2,3)19(14-29-18-10-5-4-9-17(18)24)26-21(28)13-25-20(27)12-15-7-6-8-16(23)11-15/h4-11,19H,12-14H2,1-3H3,(H,25,27)(H,26,28). The van der Waals surface area contributed by atoms with Crippen molar-refractivity contribution in [3.8, 4) is 5.75 Å². The molecule has 2 aromatic carbocycles. The molecule has 156 valence electrons. The lowest BCUT2D eigenvalue weighted by molar-refractivity contribution is -0.126. The van der Waals surface area contributed by atoms with Gasteiger partial charge in [0.1, 0.15) is 12.4 Å². The maximum atomic E-state index is 13.7. The number of hydrogen-bond acceptors (Lipinski definition) is 3. The lowest BCUT2D eigenvalue weighted by atomic mass is 9.87. The quantitative estimate of drug-likeness (QED) is 0.710. The molecule has 1 atom stereocenters. The lowest BCUT2D eigenvalue weighted by Crippen LogP contribution is -2.50. The Morgan fingerprint density at radius 3 is 2.41 bits per heavy atom. The minimum atomic E-state index is -0.476. The Morgan fingerprint density at radius 1 is 1.03 bits per heavy atom. The third kappa shape index (κ3) is 7.52. The number of rotatable bonds is 8. The van der Waals surface area contributed by atoms with E-state index in [1.165, 1.54) is 30.3 Å². The number of carbonyl (C=O) groups is 2. The van der Waals surface area contributed by atoms with Crippen molar-refractivity contribution >= 4 is 11.8 Å². The summed E-state index contributed by atoms with van der Waals surface area (Å²) in [5, 5.41) is 5.33. The second-order valence-corrected chi connectivity index (χ2v) is 7.81. The van der Waals surface area contributed by atoms with E-state index in [1.807, 2.05) is 20.8 Å². The highest BCUT2D eigenvalue weighted by atomic mass is 19.1. The second kappa shape index (κ2) is 10.0. The number of amides is 2. The molecule has 0 bridgehead atoms. The molecule has 29 heavy (non-hydrogen) atoms. The summed E-state index contributed by atoms with van der Waals surface area (Å²) in [6, 6.07) is 11.4. The van der Waals surface area contributed by atoms with Crippen molar-refractivity contribution in [2.75, 3.05) is 13.2 Å². The van der Waals surface area contributed by atoms with Crippen LogP contribution in [-0.4, -0.2) is 31.0 Å². The van der Waals surface area contributed by atoms with Gasteiger partial charge in [0.2, 0.25) is 11.8 Å². The maximum absolute atomic E-state index is 13.7. The molecule has 7 heteroatoms. The molecule has 0 radical (unpaired) electrons. The Bertz CT molecular complexity index is 850. The lowest BCUT2D eigenvalue weighted by Gasteiger charge is -2.31. The molecule has 0 spiro atoms. The highest BCUT2D eigenvalue weighted by molar-refractivity contribution is 5.85. The van der Waals surface area contributed by atoms with E-state index in [2.05, 4.69) is 10.6 Å². The first-order valence-electron chi connectivity index (χ1n) is 9.33. The van der Waals surface area contributed by atoms with Crippen molar-refractivity contribution in [3.63, 3.8) is 0 Å². The average Bonchev–Trinajstić information content (AvgIpc) is 2.63. The molecule has 5 nitrogen and oxygen atoms in total. The molecule has 0 fully saturated rings. The molecule has 0 aliphatic carbocycles. The maximum Gasteiger partial charge on any atom is 0.239 e. The van der Waals surface area contributed by atoms with Gasteiger partial charge in [-0.2, -0.15) is 0 Å². The van der Waals surface area contributed by atoms with E-state index in [-0.39, 0.29) is 36.6 Å². The molecule has 0 aromatic heterocycles. The van der Waals surface area contributed by atoms with E-state index in [1.54, 1.807) is 18.2 Å². The number of hydrogen-bond donors (Lipinski definition) is 2. The topological polar surface area (TPSA) is 67.4 Å². The molecule has 0 heterocycles. The zero-order valence-corrected chi connectivity index (χ0v) is 16.8. The van der Waals surface area contributed by atoms with Gasteiger partial charge < -0.3 is 15.4 Å². The molecule has 1 unspecified atom stereocenters. The predicted octanol–water partition coefficient (Wildman–Crippen LogP) is 3.23. The Morgan fingerprint density at radius 2 is 1.76 bits per heavy atom. The Kier molecular flexibility index (Phi) is 7.70. The van der Waals surface area contributed by atoms with Crippen LogP contribution in [0, 0.1) is 17.0 Å². The fourth-order valence-corrected chi connectivity index (χ4v) is 2.56. The van der Waals surface area contributed by atoms with Gasteiger partial charge in [0.05, 0.1) is 19.0 Å². The van der Waals surface area contributed by atoms with Crippen molar-refractivity contribution in [1.29, 1.82) is 0 Å². The highest BCUT2D eigenvalue weighted by Gasteiger charge is 2.27. The van der Waals surface area contributed by atoms with E-state index >= 15 is 0 Å². The van der Waals surface area contributed by atoms with Crippen LogP contribution in [0.4, 0.5) is 8.78 Å². The van der Waals surface area contributed by atoms with Crippen LogP contribution in [0.1, 0.15) is 26.3 Å². The zero-order chi connectivity index (χ0) is 21.4. The van der Waals surface area contributed by atoms with Crippen molar-refractivity contribution in [2.45, 2.75) is 33.2 Å². The largest absolute Gasteiger partial charge is 0.488 e. The van der Waals surface area contributed by atoms with Crippen LogP contribution >= 0.6 is 0 Å². The number of ether oxygens (including phenoxy) is 1.